The molecule has 40 heavy (non-hydrogen) atoms. The molecular formula is C32H42N2O2P2Y2-2. The fraction of sp³-hybridized carbons (Fsp3) is 0.375. The second-order valence-electron chi connectivity index (χ2n) is 8.96. The zero-order valence-electron chi connectivity index (χ0n) is 25.4. The molecule has 4 nitrogen and oxygen atoms in total. The first-order valence-electron chi connectivity index (χ1n) is 13.6. The first-order valence-corrected chi connectivity index (χ1v) is 18.0. The van der Waals surface area contributed by atoms with E-state index in [0.717, 1.165) is 24.6 Å². The van der Waals surface area contributed by atoms with Crippen LogP contribution < -0.4 is 0 Å². The molecule has 2 aliphatic carbocycles. The van der Waals surface area contributed by atoms with Gasteiger partial charge in [-0.05, 0) is 83.5 Å². The Balaban J connectivity index is 0.000000341. The van der Waals surface area contributed by atoms with Crippen molar-refractivity contribution in [1.29, 1.82) is 0 Å². The van der Waals surface area contributed by atoms with E-state index in [4.69, 9.17) is 9.47 Å². The molecule has 0 spiro atoms. The minimum absolute atomic E-state index is 0. The van der Waals surface area contributed by atoms with Crippen LogP contribution in [0.3, 0.4) is 0 Å². The molecule has 0 bridgehead atoms. The van der Waals surface area contributed by atoms with Gasteiger partial charge in [0.2, 0.25) is 0 Å². The third kappa shape index (κ3) is 8.85. The molecule has 0 N–H and O–H groups in total. The maximum absolute atomic E-state index is 5.62. The Morgan fingerprint density at radius 2 is 0.950 bits per heavy atom. The molecule has 210 valence electrons. The molecule has 2 aromatic rings. The SMILES string of the molecule is CC.CC.CP(C)C1=C(C2=N[CH-]CO2)c2ccccc2C1.CP(C)C1=C(C2=N[CH-]CO2)c2ccccc2C1.[Y].[Y]. The molecule has 6 rings (SSSR count). The van der Waals surface area contributed by atoms with Gasteiger partial charge in [-0.2, -0.15) is 0 Å². The van der Waals surface area contributed by atoms with Gasteiger partial charge in [0, 0.05) is 78.6 Å². The molecule has 2 aliphatic heterocycles. The summed E-state index contributed by atoms with van der Waals surface area (Å²) in [6.45, 7) is 22.1. The third-order valence-electron chi connectivity index (χ3n) is 6.38. The summed E-state index contributed by atoms with van der Waals surface area (Å²) in [5.74, 6) is 1.64. The molecule has 8 heteroatoms. The van der Waals surface area contributed by atoms with Crippen molar-refractivity contribution in [2.24, 2.45) is 9.98 Å². The topological polar surface area (TPSA) is 43.2 Å². The minimum atomic E-state index is -0.0985. The van der Waals surface area contributed by atoms with Crippen LogP contribution in [0.2, 0.25) is 0 Å². The molecule has 2 aromatic carbocycles. The average Bonchev–Trinajstić information content (AvgIpc) is 3.75. The van der Waals surface area contributed by atoms with Gasteiger partial charge in [0.25, 0.3) is 0 Å². The van der Waals surface area contributed by atoms with Crippen LogP contribution in [0.4, 0.5) is 0 Å². The molecule has 0 atom stereocenters. The van der Waals surface area contributed by atoms with Crippen molar-refractivity contribution in [2.75, 3.05) is 39.9 Å². The number of fused-ring (bicyclic) bond motifs is 2. The first-order chi connectivity index (χ1) is 18.5. The van der Waals surface area contributed by atoms with E-state index in [-0.39, 0.29) is 81.3 Å². The summed E-state index contributed by atoms with van der Waals surface area (Å²) < 4.78 is 11.2. The molecular weight excluding hydrogens is 684 g/mol. The zero-order chi connectivity index (χ0) is 27.7. The van der Waals surface area contributed by atoms with Crippen molar-refractivity contribution in [3.05, 3.63) is 94.5 Å². The van der Waals surface area contributed by atoms with Crippen LogP contribution in [0, 0.1) is 13.1 Å². The van der Waals surface area contributed by atoms with Gasteiger partial charge >= 0.3 is 0 Å². The second kappa shape index (κ2) is 19.0. The van der Waals surface area contributed by atoms with Crippen LogP contribution in [0.15, 0.2) is 69.1 Å². The Kier molecular flexibility index (Phi) is 17.9. The Morgan fingerprint density at radius 1 is 0.600 bits per heavy atom. The van der Waals surface area contributed by atoms with Gasteiger partial charge in [0.1, 0.15) is 0 Å². The second-order valence-corrected chi connectivity index (χ2v) is 13.6. The van der Waals surface area contributed by atoms with Crippen LogP contribution in [-0.2, 0) is 87.7 Å². The van der Waals surface area contributed by atoms with Gasteiger partial charge in [0.05, 0.1) is 11.8 Å². The summed E-state index contributed by atoms with van der Waals surface area (Å²) >= 11 is 0. The Hall–Kier alpha value is -0.332. The van der Waals surface area contributed by atoms with E-state index in [2.05, 4.69) is 85.2 Å². The monoisotopic (exact) mass is 726 g/mol. The summed E-state index contributed by atoms with van der Waals surface area (Å²) in [5, 5.41) is 3.02. The maximum Gasteiger partial charge on any atom is 0.0610 e. The smallest absolute Gasteiger partial charge is 0.0610 e. The van der Waals surface area contributed by atoms with E-state index in [1.165, 1.54) is 44.0 Å². The molecule has 2 radical (unpaired) electrons. The Labute approximate surface area is 295 Å². The number of hydrogen-bond acceptors (Lipinski definition) is 4. The quantitative estimate of drug-likeness (QED) is 0.234. The van der Waals surface area contributed by atoms with E-state index in [0.29, 0.717) is 13.2 Å². The van der Waals surface area contributed by atoms with E-state index >= 15 is 0 Å². The van der Waals surface area contributed by atoms with Crippen LogP contribution in [0.5, 0.6) is 0 Å². The van der Waals surface area contributed by atoms with Crippen molar-refractivity contribution in [1.82, 2.24) is 0 Å². The zero-order valence-corrected chi connectivity index (χ0v) is 32.8. The van der Waals surface area contributed by atoms with Gasteiger partial charge in [-0.1, -0.05) is 92.1 Å². The first kappa shape index (κ1) is 37.7. The summed E-state index contributed by atoms with van der Waals surface area (Å²) in [4.78, 5) is 8.74. The standard InChI is InChI=1S/2C14H15NOP.2C2H6.2Y/c2*1-17(2)12-9-10-5-3-4-6-11(10)13(12)14-15-7-8-16-14;2*1-2;;/h2*3-7H,8-9H2,1-2H3;2*1-2H3;;/q2*-1;;;;. The van der Waals surface area contributed by atoms with Crippen molar-refractivity contribution in [3.63, 3.8) is 0 Å². The Bertz CT molecular complexity index is 1140. The summed E-state index contributed by atoms with van der Waals surface area (Å²) in [6.07, 6.45) is 2.12. The molecule has 0 aromatic heterocycles. The number of benzene rings is 2. The van der Waals surface area contributed by atoms with Gasteiger partial charge in [-0.15, -0.1) is 13.1 Å². The fourth-order valence-electron chi connectivity index (χ4n) is 4.75. The van der Waals surface area contributed by atoms with Crippen molar-refractivity contribution >= 4 is 38.8 Å². The molecule has 4 aliphatic rings. The number of nitrogens with zero attached hydrogens (tertiary/aromatic N) is 2. The van der Waals surface area contributed by atoms with E-state index in [1.54, 1.807) is 0 Å². The van der Waals surface area contributed by atoms with Crippen molar-refractivity contribution in [3.8, 4) is 0 Å². The molecule has 2 heterocycles. The normalized spacial score (nSPS) is 15.6. The molecule has 0 saturated heterocycles. The van der Waals surface area contributed by atoms with Gasteiger partial charge < -0.3 is 19.5 Å². The molecule has 0 unspecified atom stereocenters. The number of aliphatic imine (C=N–C) groups is 2. The van der Waals surface area contributed by atoms with Crippen LogP contribution >= 0.6 is 15.8 Å². The Morgan fingerprint density at radius 3 is 1.25 bits per heavy atom. The van der Waals surface area contributed by atoms with Gasteiger partial charge in [0.15, 0.2) is 0 Å². The fourth-order valence-corrected chi connectivity index (χ4v) is 7.05. The number of ether oxygens (including phenoxy) is 2. The van der Waals surface area contributed by atoms with E-state index < -0.39 is 0 Å². The third-order valence-corrected chi connectivity index (χ3v) is 9.30. The molecule has 0 amide bonds. The largest absolute Gasteiger partial charge is 0.573 e. The van der Waals surface area contributed by atoms with Crippen molar-refractivity contribution in [2.45, 2.75) is 40.5 Å². The van der Waals surface area contributed by atoms with E-state index in [1.807, 2.05) is 40.8 Å². The van der Waals surface area contributed by atoms with Gasteiger partial charge in [-0.25, -0.2) is 0 Å². The predicted molar refractivity (Wildman–Crippen MR) is 170 cm³/mol. The van der Waals surface area contributed by atoms with Crippen LogP contribution in [0.1, 0.15) is 49.9 Å². The number of rotatable bonds is 4. The summed E-state index contributed by atoms with van der Waals surface area (Å²) in [6, 6.07) is 17.2. The summed E-state index contributed by atoms with van der Waals surface area (Å²) in [7, 11) is -0.197. The number of hydrogen-bond donors (Lipinski definition) is 0. The minimum Gasteiger partial charge on any atom is -0.573 e. The number of allylic oxidation sites excluding steroid dienone is 2. The molecule has 0 fully saturated rings. The van der Waals surface area contributed by atoms with Crippen LogP contribution in [0.25, 0.3) is 11.1 Å². The predicted octanol–water partition coefficient (Wildman–Crippen LogP) is 8.62. The van der Waals surface area contributed by atoms with Crippen LogP contribution in [-0.4, -0.2) is 51.7 Å². The molecule has 0 saturated carbocycles. The van der Waals surface area contributed by atoms with Crippen molar-refractivity contribution < 1.29 is 74.9 Å². The van der Waals surface area contributed by atoms with Gasteiger partial charge in [-0.3, -0.25) is 0 Å². The maximum atomic E-state index is 5.62. The average molecular weight is 726 g/mol. The summed E-state index contributed by atoms with van der Waals surface area (Å²) in [5.41, 5.74) is 7.95. The van der Waals surface area contributed by atoms with E-state index in [9.17, 15) is 0 Å².